The second-order valence-electron chi connectivity index (χ2n) is 9.00. The van der Waals surface area contributed by atoms with E-state index in [0.29, 0.717) is 24.5 Å². The van der Waals surface area contributed by atoms with E-state index in [9.17, 15) is 9.90 Å². The molecule has 0 saturated heterocycles. The lowest BCUT2D eigenvalue weighted by molar-refractivity contribution is 0.104. The van der Waals surface area contributed by atoms with Crippen molar-refractivity contribution < 1.29 is 14.6 Å². The third-order valence-corrected chi connectivity index (χ3v) is 5.51. The highest BCUT2D eigenvalue weighted by Crippen LogP contribution is 2.30. The van der Waals surface area contributed by atoms with Crippen LogP contribution in [0.3, 0.4) is 0 Å². The number of likely N-dealkylation sites (N-methyl/N-ethyl adjacent to an activating group) is 1. The van der Waals surface area contributed by atoms with Crippen LogP contribution in [0.25, 0.3) is 17.2 Å². The van der Waals surface area contributed by atoms with Crippen molar-refractivity contribution >= 4 is 11.9 Å². The van der Waals surface area contributed by atoms with E-state index in [2.05, 4.69) is 19.1 Å². The summed E-state index contributed by atoms with van der Waals surface area (Å²) in [7, 11) is 7.87. The average Bonchev–Trinajstić information content (AvgIpc) is 2.79. The normalized spacial score (nSPS) is 11.5. The molecule has 34 heavy (non-hydrogen) atoms. The lowest BCUT2D eigenvalue weighted by Gasteiger charge is -2.15. The van der Waals surface area contributed by atoms with Gasteiger partial charge in [0.2, 0.25) is 0 Å². The zero-order chi connectivity index (χ0) is 24.7. The maximum atomic E-state index is 13.3. The fraction of sp³-hybridized carbons (Fsp3) is 0.276. The van der Waals surface area contributed by atoms with Gasteiger partial charge < -0.3 is 19.6 Å². The molecule has 0 amide bonds. The summed E-state index contributed by atoms with van der Waals surface area (Å²) in [5.74, 6) is 0.699. The van der Waals surface area contributed by atoms with Gasteiger partial charge in [-0.3, -0.25) is 4.79 Å². The molecule has 5 heteroatoms. The predicted octanol–water partition coefficient (Wildman–Crippen LogP) is 5.27. The molecule has 0 aliphatic carbocycles. The number of ether oxygens (including phenoxy) is 1. The van der Waals surface area contributed by atoms with Gasteiger partial charge in [0, 0.05) is 18.7 Å². The molecule has 0 aliphatic heterocycles. The number of hydrogen-bond acceptors (Lipinski definition) is 5. The molecular weight excluding hydrogens is 424 g/mol. The minimum Gasteiger partial charge on any atom is -0.508 e. The highest BCUT2D eigenvalue weighted by atomic mass is 16.5. The van der Waals surface area contributed by atoms with Crippen molar-refractivity contribution in [3.05, 3.63) is 89.0 Å². The molecule has 0 aromatic heterocycles. The van der Waals surface area contributed by atoms with Gasteiger partial charge in [0.15, 0.2) is 5.78 Å². The second kappa shape index (κ2) is 11.6. The van der Waals surface area contributed by atoms with Gasteiger partial charge >= 0.3 is 0 Å². The van der Waals surface area contributed by atoms with Gasteiger partial charge in [0.05, 0.1) is 5.56 Å². The maximum Gasteiger partial charge on any atom is 0.189 e. The average molecular weight is 459 g/mol. The minimum absolute atomic E-state index is 0.127. The van der Waals surface area contributed by atoms with Crippen LogP contribution in [0.15, 0.2) is 66.7 Å². The van der Waals surface area contributed by atoms with Crippen LogP contribution in [0.2, 0.25) is 0 Å². The summed E-state index contributed by atoms with van der Waals surface area (Å²) in [6.45, 7) is 3.93. The largest absolute Gasteiger partial charge is 0.508 e. The standard InChI is InChI=1S/C29H34N2O3/c1-21-8-6-7-9-25(21)23-12-15-29(34-17-16-30(2)3)26(19-23)28(33)14-11-22-10-13-27(32)24(18-22)20-31(4)5/h6-15,18-19,32H,16-17,20H2,1-5H3. The maximum absolute atomic E-state index is 13.3. The van der Waals surface area contributed by atoms with E-state index in [-0.39, 0.29) is 11.5 Å². The van der Waals surface area contributed by atoms with Gasteiger partial charge in [-0.25, -0.2) is 0 Å². The summed E-state index contributed by atoms with van der Waals surface area (Å²) in [6.07, 6.45) is 3.35. The summed E-state index contributed by atoms with van der Waals surface area (Å²) >= 11 is 0. The Labute approximate surface area is 202 Å². The van der Waals surface area contributed by atoms with Crippen molar-refractivity contribution in [2.24, 2.45) is 0 Å². The van der Waals surface area contributed by atoms with E-state index < -0.39 is 0 Å². The van der Waals surface area contributed by atoms with Crippen LogP contribution >= 0.6 is 0 Å². The topological polar surface area (TPSA) is 53.0 Å². The number of aromatic hydroxyl groups is 1. The molecule has 178 valence electrons. The minimum atomic E-state index is -0.127. The number of carbonyl (C=O) groups excluding carboxylic acids is 1. The van der Waals surface area contributed by atoms with E-state index in [4.69, 9.17) is 4.74 Å². The first kappa shape index (κ1) is 25.2. The Morgan fingerprint density at radius 3 is 2.44 bits per heavy atom. The van der Waals surface area contributed by atoms with E-state index in [1.165, 1.54) is 0 Å². The Balaban J connectivity index is 1.92. The predicted molar refractivity (Wildman–Crippen MR) is 140 cm³/mol. The van der Waals surface area contributed by atoms with Crippen LogP contribution in [0.4, 0.5) is 0 Å². The molecule has 3 aromatic rings. The molecule has 3 aromatic carbocycles. The van der Waals surface area contributed by atoms with E-state index in [0.717, 1.165) is 34.4 Å². The van der Waals surface area contributed by atoms with Crippen molar-refractivity contribution in [2.75, 3.05) is 41.3 Å². The molecule has 0 bridgehead atoms. The molecule has 3 rings (SSSR count). The molecule has 0 unspecified atom stereocenters. The van der Waals surface area contributed by atoms with E-state index in [1.807, 2.05) is 74.4 Å². The number of nitrogens with zero attached hydrogens (tertiary/aromatic N) is 2. The van der Waals surface area contributed by atoms with Crippen LogP contribution in [0.1, 0.15) is 27.0 Å². The summed E-state index contributed by atoms with van der Waals surface area (Å²) < 4.78 is 5.99. The lowest BCUT2D eigenvalue weighted by atomic mass is 9.97. The van der Waals surface area contributed by atoms with E-state index >= 15 is 0 Å². The van der Waals surface area contributed by atoms with Gasteiger partial charge in [-0.05, 0) is 87.7 Å². The number of aryl methyl sites for hydroxylation is 1. The number of phenols is 1. The molecule has 1 N–H and O–H groups in total. The Hall–Kier alpha value is -3.41. The molecule has 0 spiro atoms. The summed E-state index contributed by atoms with van der Waals surface area (Å²) in [5, 5.41) is 10.1. The molecule has 0 heterocycles. The van der Waals surface area contributed by atoms with Gasteiger partial charge in [0.1, 0.15) is 18.1 Å². The molecule has 0 fully saturated rings. The van der Waals surface area contributed by atoms with Gasteiger partial charge in [-0.1, -0.05) is 42.5 Å². The van der Waals surface area contributed by atoms with E-state index in [1.54, 1.807) is 24.3 Å². The van der Waals surface area contributed by atoms with Crippen LogP contribution < -0.4 is 4.74 Å². The number of allylic oxidation sites excluding steroid dienone is 1. The smallest absolute Gasteiger partial charge is 0.189 e. The number of ketones is 1. The Morgan fingerprint density at radius 1 is 0.971 bits per heavy atom. The highest BCUT2D eigenvalue weighted by molar-refractivity contribution is 6.09. The van der Waals surface area contributed by atoms with Crippen LogP contribution in [0.5, 0.6) is 11.5 Å². The fourth-order valence-electron chi connectivity index (χ4n) is 3.69. The molecular formula is C29H34N2O3. The Bertz CT molecular complexity index is 1170. The Kier molecular flexibility index (Phi) is 8.63. The zero-order valence-corrected chi connectivity index (χ0v) is 20.7. The van der Waals surface area contributed by atoms with Crippen LogP contribution in [-0.2, 0) is 6.54 Å². The second-order valence-corrected chi connectivity index (χ2v) is 9.00. The van der Waals surface area contributed by atoms with Crippen molar-refractivity contribution in [2.45, 2.75) is 13.5 Å². The monoisotopic (exact) mass is 458 g/mol. The quantitative estimate of drug-likeness (QED) is 0.332. The number of phenolic OH excluding ortho intramolecular Hbond substituents is 1. The molecule has 0 saturated carbocycles. The van der Waals surface area contributed by atoms with Crippen molar-refractivity contribution in [1.29, 1.82) is 0 Å². The fourth-order valence-corrected chi connectivity index (χ4v) is 3.69. The van der Waals surface area contributed by atoms with Gasteiger partial charge in [0.25, 0.3) is 0 Å². The first-order chi connectivity index (χ1) is 16.2. The summed E-state index contributed by atoms with van der Waals surface area (Å²) in [4.78, 5) is 17.3. The van der Waals surface area contributed by atoms with Crippen molar-refractivity contribution in [3.8, 4) is 22.6 Å². The first-order valence-electron chi connectivity index (χ1n) is 11.4. The van der Waals surface area contributed by atoms with Crippen molar-refractivity contribution in [1.82, 2.24) is 9.80 Å². The molecule has 0 atom stereocenters. The van der Waals surface area contributed by atoms with Crippen LogP contribution in [0, 0.1) is 6.92 Å². The number of benzene rings is 3. The number of rotatable bonds is 10. The third-order valence-electron chi connectivity index (χ3n) is 5.51. The summed E-state index contributed by atoms with van der Waals surface area (Å²) in [5.41, 5.74) is 5.42. The third kappa shape index (κ3) is 6.80. The van der Waals surface area contributed by atoms with Gasteiger partial charge in [-0.2, -0.15) is 0 Å². The lowest BCUT2D eigenvalue weighted by Crippen LogP contribution is -2.20. The van der Waals surface area contributed by atoms with Crippen LogP contribution in [-0.4, -0.2) is 62.0 Å². The van der Waals surface area contributed by atoms with Gasteiger partial charge in [-0.15, -0.1) is 0 Å². The molecule has 0 aliphatic rings. The number of carbonyl (C=O) groups is 1. The summed E-state index contributed by atoms with van der Waals surface area (Å²) in [6, 6.07) is 19.3. The molecule has 5 nitrogen and oxygen atoms in total. The zero-order valence-electron chi connectivity index (χ0n) is 20.7. The van der Waals surface area contributed by atoms with Crippen molar-refractivity contribution in [3.63, 3.8) is 0 Å². The SMILES string of the molecule is Cc1ccccc1-c1ccc(OCCN(C)C)c(C(=O)C=Cc2ccc(O)c(CN(C)C)c2)c1. The highest BCUT2D eigenvalue weighted by Gasteiger charge is 2.14. The molecule has 0 radical (unpaired) electrons. The number of hydrogen-bond donors (Lipinski definition) is 1. The first-order valence-corrected chi connectivity index (χ1v) is 11.4. The Morgan fingerprint density at radius 2 is 1.74 bits per heavy atom.